The highest BCUT2D eigenvalue weighted by Gasteiger charge is 2.34. The number of anilines is 1. The molecule has 5 nitrogen and oxygen atoms in total. The molecule has 5 heteroatoms. The summed E-state index contributed by atoms with van der Waals surface area (Å²) >= 11 is 0. The minimum atomic E-state index is -0.0217. The predicted molar refractivity (Wildman–Crippen MR) is 64.5 cm³/mol. The monoisotopic (exact) mass is 234 g/mol. The minimum Gasteiger partial charge on any atom is -0.384 e. The predicted octanol–water partition coefficient (Wildman–Crippen LogP) is 0.903. The zero-order valence-corrected chi connectivity index (χ0v) is 10.1. The van der Waals surface area contributed by atoms with Crippen molar-refractivity contribution in [3.8, 4) is 0 Å². The zero-order chi connectivity index (χ0) is 11.8. The number of nitrogens with zero attached hydrogens (tertiary/aromatic N) is 3. The first-order valence-electron chi connectivity index (χ1n) is 6.19. The summed E-state index contributed by atoms with van der Waals surface area (Å²) in [5.74, 6) is 1.26. The van der Waals surface area contributed by atoms with Gasteiger partial charge in [0.2, 0.25) is 0 Å². The fourth-order valence-electron chi connectivity index (χ4n) is 2.73. The van der Waals surface area contributed by atoms with Gasteiger partial charge in [-0.1, -0.05) is 0 Å². The summed E-state index contributed by atoms with van der Waals surface area (Å²) in [7, 11) is 0. The minimum absolute atomic E-state index is 0.0217. The van der Waals surface area contributed by atoms with E-state index in [1.807, 2.05) is 6.92 Å². The number of hydrogen-bond acceptors (Lipinski definition) is 5. The first kappa shape index (κ1) is 10.9. The number of ether oxygens (including phenoxy) is 1. The topological polar surface area (TPSA) is 64.3 Å². The van der Waals surface area contributed by atoms with Crippen LogP contribution in [0.25, 0.3) is 0 Å². The smallest absolute Gasteiger partial charge is 0.161 e. The van der Waals surface area contributed by atoms with E-state index in [4.69, 9.17) is 10.5 Å². The average molecular weight is 234 g/mol. The molecule has 1 aromatic rings. The van der Waals surface area contributed by atoms with Crippen LogP contribution in [0, 0.1) is 6.92 Å². The van der Waals surface area contributed by atoms with Gasteiger partial charge in [0.25, 0.3) is 0 Å². The summed E-state index contributed by atoms with van der Waals surface area (Å²) in [6.45, 7) is 4.80. The second-order valence-electron chi connectivity index (χ2n) is 4.91. The molecular formula is C12H18N4O. The van der Waals surface area contributed by atoms with E-state index in [0.29, 0.717) is 11.9 Å². The molecule has 2 N–H and O–H groups in total. The molecule has 0 spiro atoms. The van der Waals surface area contributed by atoms with Crippen LogP contribution >= 0.6 is 0 Å². The van der Waals surface area contributed by atoms with Crippen molar-refractivity contribution >= 4 is 5.82 Å². The highest BCUT2D eigenvalue weighted by Crippen LogP contribution is 2.28. The zero-order valence-electron chi connectivity index (χ0n) is 10.1. The third kappa shape index (κ3) is 2.12. The van der Waals surface area contributed by atoms with Crippen molar-refractivity contribution in [2.24, 2.45) is 0 Å². The summed E-state index contributed by atoms with van der Waals surface area (Å²) in [5, 5.41) is 0. The van der Waals surface area contributed by atoms with Crippen LogP contribution in [0.5, 0.6) is 0 Å². The molecule has 2 fully saturated rings. The van der Waals surface area contributed by atoms with Crippen molar-refractivity contribution in [2.75, 3.05) is 25.4 Å². The lowest BCUT2D eigenvalue weighted by Gasteiger charge is -2.34. The third-order valence-electron chi connectivity index (χ3n) is 3.57. The quantitative estimate of drug-likeness (QED) is 0.782. The maximum Gasteiger partial charge on any atom is 0.161 e. The molecule has 0 saturated carbocycles. The largest absolute Gasteiger partial charge is 0.384 e. The van der Waals surface area contributed by atoms with Crippen molar-refractivity contribution in [3.63, 3.8) is 0 Å². The Morgan fingerprint density at radius 1 is 1.47 bits per heavy atom. The number of nitrogens with two attached hydrogens (primary N) is 1. The van der Waals surface area contributed by atoms with Gasteiger partial charge in [0, 0.05) is 24.3 Å². The van der Waals surface area contributed by atoms with Crippen LogP contribution in [0.1, 0.15) is 30.5 Å². The highest BCUT2D eigenvalue weighted by molar-refractivity contribution is 5.29. The fraction of sp³-hybridized carbons (Fsp3) is 0.667. The van der Waals surface area contributed by atoms with Crippen LogP contribution in [0.15, 0.2) is 6.07 Å². The summed E-state index contributed by atoms with van der Waals surface area (Å²) < 4.78 is 5.87. The maximum atomic E-state index is 5.87. The number of aryl methyl sites for hydroxylation is 1. The Labute approximate surface area is 101 Å². The second kappa shape index (κ2) is 4.23. The number of aromatic nitrogens is 2. The van der Waals surface area contributed by atoms with Gasteiger partial charge < -0.3 is 10.5 Å². The van der Waals surface area contributed by atoms with Gasteiger partial charge in [-0.3, -0.25) is 4.90 Å². The molecule has 1 aromatic heterocycles. The van der Waals surface area contributed by atoms with E-state index in [9.17, 15) is 0 Å². The summed E-state index contributed by atoms with van der Waals surface area (Å²) in [6, 6.07) is 2.39. The van der Waals surface area contributed by atoms with Gasteiger partial charge in [-0.15, -0.1) is 0 Å². The molecule has 2 saturated heterocycles. The Kier molecular flexibility index (Phi) is 2.72. The highest BCUT2D eigenvalue weighted by atomic mass is 16.5. The molecule has 92 valence electrons. The van der Waals surface area contributed by atoms with Crippen LogP contribution in [-0.4, -0.2) is 40.6 Å². The molecule has 0 bridgehead atoms. The first-order valence-corrected chi connectivity index (χ1v) is 6.19. The van der Waals surface area contributed by atoms with E-state index < -0.39 is 0 Å². The first-order chi connectivity index (χ1) is 8.22. The van der Waals surface area contributed by atoms with Gasteiger partial charge in [-0.2, -0.15) is 0 Å². The van der Waals surface area contributed by atoms with Crippen LogP contribution in [0.4, 0.5) is 5.82 Å². The Hall–Kier alpha value is -1.20. The van der Waals surface area contributed by atoms with E-state index >= 15 is 0 Å². The number of fused-ring (bicyclic) bond motifs is 1. The van der Waals surface area contributed by atoms with E-state index in [1.54, 1.807) is 6.07 Å². The van der Waals surface area contributed by atoms with E-state index in [0.717, 1.165) is 24.7 Å². The summed E-state index contributed by atoms with van der Waals surface area (Å²) in [6.07, 6.45) is 2.51. The molecule has 2 aliphatic heterocycles. The van der Waals surface area contributed by atoms with Gasteiger partial charge in [0.15, 0.2) is 5.82 Å². The molecule has 0 aromatic carbocycles. The SMILES string of the molecule is Cc1cc(N)nc(C2CN3CCCC3CO2)n1. The Morgan fingerprint density at radius 3 is 3.18 bits per heavy atom. The van der Waals surface area contributed by atoms with Crippen LogP contribution in [0.2, 0.25) is 0 Å². The molecule has 3 heterocycles. The van der Waals surface area contributed by atoms with Crippen molar-refractivity contribution in [1.82, 2.24) is 14.9 Å². The molecule has 2 unspecified atom stereocenters. The molecule has 2 atom stereocenters. The Balaban J connectivity index is 1.80. The van der Waals surface area contributed by atoms with Gasteiger partial charge >= 0.3 is 0 Å². The van der Waals surface area contributed by atoms with E-state index in [2.05, 4.69) is 14.9 Å². The van der Waals surface area contributed by atoms with Crippen LogP contribution < -0.4 is 5.73 Å². The Morgan fingerprint density at radius 2 is 2.35 bits per heavy atom. The fourth-order valence-corrected chi connectivity index (χ4v) is 2.73. The summed E-state index contributed by atoms with van der Waals surface area (Å²) in [5.41, 5.74) is 6.66. The number of rotatable bonds is 1. The molecular weight excluding hydrogens is 216 g/mol. The molecule has 3 rings (SSSR count). The molecule has 0 amide bonds. The average Bonchev–Trinajstić information content (AvgIpc) is 2.74. The molecule has 0 radical (unpaired) electrons. The van der Waals surface area contributed by atoms with Crippen molar-refractivity contribution in [2.45, 2.75) is 31.9 Å². The van der Waals surface area contributed by atoms with Crippen LogP contribution in [-0.2, 0) is 4.74 Å². The third-order valence-corrected chi connectivity index (χ3v) is 3.57. The normalized spacial score (nSPS) is 29.2. The van der Waals surface area contributed by atoms with Crippen LogP contribution in [0.3, 0.4) is 0 Å². The lowest BCUT2D eigenvalue weighted by Crippen LogP contribution is -2.42. The summed E-state index contributed by atoms with van der Waals surface area (Å²) in [4.78, 5) is 11.2. The van der Waals surface area contributed by atoms with Gasteiger partial charge in [-0.05, 0) is 26.3 Å². The van der Waals surface area contributed by atoms with Gasteiger partial charge in [0.05, 0.1) is 6.61 Å². The second-order valence-corrected chi connectivity index (χ2v) is 4.91. The van der Waals surface area contributed by atoms with Gasteiger partial charge in [0.1, 0.15) is 11.9 Å². The number of hydrogen-bond donors (Lipinski definition) is 1. The van der Waals surface area contributed by atoms with Crippen molar-refractivity contribution in [3.05, 3.63) is 17.6 Å². The van der Waals surface area contributed by atoms with Crippen molar-refractivity contribution in [1.29, 1.82) is 0 Å². The van der Waals surface area contributed by atoms with E-state index in [1.165, 1.54) is 19.4 Å². The Bertz CT molecular complexity index is 403. The lowest BCUT2D eigenvalue weighted by molar-refractivity contribution is -0.0541. The lowest BCUT2D eigenvalue weighted by atomic mass is 10.2. The van der Waals surface area contributed by atoms with E-state index in [-0.39, 0.29) is 6.10 Å². The molecule has 0 aliphatic carbocycles. The molecule has 17 heavy (non-hydrogen) atoms. The van der Waals surface area contributed by atoms with Gasteiger partial charge in [-0.25, -0.2) is 9.97 Å². The number of nitrogen functional groups attached to an aromatic ring is 1. The standard InChI is InChI=1S/C12H18N4O/c1-8-5-11(13)15-12(14-8)10-6-16-4-2-3-9(16)7-17-10/h5,9-10H,2-4,6-7H2,1H3,(H2,13,14,15). The number of morpholine rings is 1. The molecule has 2 aliphatic rings. The van der Waals surface area contributed by atoms with Crippen molar-refractivity contribution < 1.29 is 4.74 Å². The maximum absolute atomic E-state index is 5.87.